The van der Waals surface area contributed by atoms with Gasteiger partial charge in [0.2, 0.25) is 0 Å². The second kappa shape index (κ2) is 8.39. The van der Waals surface area contributed by atoms with E-state index in [2.05, 4.69) is 20.9 Å². The number of benzene rings is 1. The summed E-state index contributed by atoms with van der Waals surface area (Å²) in [6, 6.07) is 3.89. The molecule has 27 heavy (non-hydrogen) atoms. The highest BCUT2D eigenvalue weighted by Crippen LogP contribution is 2.32. The first kappa shape index (κ1) is 19.2. The molecule has 1 saturated heterocycles. The Morgan fingerprint density at radius 1 is 1.26 bits per heavy atom. The molecule has 0 radical (unpaired) electrons. The molecule has 8 nitrogen and oxygen atoms in total. The molecule has 2 heterocycles. The van der Waals surface area contributed by atoms with Crippen molar-refractivity contribution in [3.05, 3.63) is 35.2 Å². The number of nitrogens with zero attached hydrogens (tertiary/aromatic N) is 3. The largest absolute Gasteiger partial charge is 0.493 e. The van der Waals surface area contributed by atoms with Crippen LogP contribution in [0, 0.1) is 6.92 Å². The van der Waals surface area contributed by atoms with E-state index in [9.17, 15) is 4.79 Å². The van der Waals surface area contributed by atoms with E-state index in [0.29, 0.717) is 23.2 Å². The minimum Gasteiger partial charge on any atom is -0.493 e. The van der Waals surface area contributed by atoms with Crippen molar-refractivity contribution >= 4 is 5.91 Å². The summed E-state index contributed by atoms with van der Waals surface area (Å²) in [7, 11) is 3.20. The third-order valence-corrected chi connectivity index (χ3v) is 5.01. The lowest BCUT2D eigenvalue weighted by Crippen LogP contribution is -2.29. The number of hydrogen-bond donors (Lipinski definition) is 2. The molecule has 8 heteroatoms. The fourth-order valence-electron chi connectivity index (χ4n) is 3.44. The Hall–Kier alpha value is -2.61. The standard InChI is InChI=1S/C19H27N5O3/c1-12-9-17(26-3)18(27-4)10-15(12)13(2)21-19(25)16-11-24(23-22-16)14-5-7-20-8-6-14/h9-11,13-14,20H,5-8H2,1-4H3,(H,21,25). The van der Waals surface area contributed by atoms with Gasteiger partial charge >= 0.3 is 0 Å². The topological polar surface area (TPSA) is 90.3 Å². The van der Waals surface area contributed by atoms with Gasteiger partial charge in [-0.25, -0.2) is 4.68 Å². The maximum absolute atomic E-state index is 12.6. The van der Waals surface area contributed by atoms with Gasteiger partial charge < -0.3 is 20.1 Å². The van der Waals surface area contributed by atoms with Crippen LogP contribution >= 0.6 is 0 Å². The maximum Gasteiger partial charge on any atom is 0.273 e. The summed E-state index contributed by atoms with van der Waals surface area (Å²) in [5.41, 5.74) is 2.31. The lowest BCUT2D eigenvalue weighted by atomic mass is 10.0. The van der Waals surface area contributed by atoms with Gasteiger partial charge in [0, 0.05) is 0 Å². The Kier molecular flexibility index (Phi) is 5.95. The second-order valence-corrected chi connectivity index (χ2v) is 6.82. The molecule has 2 N–H and O–H groups in total. The van der Waals surface area contributed by atoms with Crippen molar-refractivity contribution in [2.75, 3.05) is 27.3 Å². The fraction of sp³-hybridized carbons (Fsp3) is 0.526. The van der Waals surface area contributed by atoms with Crippen molar-refractivity contribution in [3.8, 4) is 11.5 Å². The highest BCUT2D eigenvalue weighted by Gasteiger charge is 2.21. The van der Waals surface area contributed by atoms with Gasteiger partial charge in [0.1, 0.15) is 0 Å². The molecule has 0 bridgehead atoms. The zero-order valence-corrected chi connectivity index (χ0v) is 16.3. The molecule has 3 rings (SSSR count). The van der Waals surface area contributed by atoms with Crippen molar-refractivity contribution in [1.29, 1.82) is 0 Å². The zero-order valence-electron chi connectivity index (χ0n) is 16.3. The number of aryl methyl sites for hydroxylation is 1. The molecule has 1 unspecified atom stereocenters. The number of carbonyl (C=O) groups is 1. The molecule has 1 aliphatic rings. The molecule has 2 aromatic rings. The summed E-state index contributed by atoms with van der Waals surface area (Å²) in [5.74, 6) is 1.06. The van der Waals surface area contributed by atoms with Crippen LogP contribution in [0.1, 0.15) is 53.5 Å². The van der Waals surface area contributed by atoms with Crippen LogP contribution in [0.2, 0.25) is 0 Å². The predicted octanol–water partition coefficient (Wildman–Crippen LogP) is 2.02. The van der Waals surface area contributed by atoms with Crippen LogP contribution in [0.5, 0.6) is 11.5 Å². The van der Waals surface area contributed by atoms with Crippen LogP contribution in [0.15, 0.2) is 18.3 Å². The lowest BCUT2D eigenvalue weighted by Gasteiger charge is -2.22. The Morgan fingerprint density at radius 3 is 2.59 bits per heavy atom. The number of aromatic nitrogens is 3. The summed E-state index contributed by atoms with van der Waals surface area (Å²) in [4.78, 5) is 12.6. The number of carbonyl (C=O) groups excluding carboxylic acids is 1. The third kappa shape index (κ3) is 4.21. The van der Waals surface area contributed by atoms with E-state index >= 15 is 0 Å². The number of amides is 1. The van der Waals surface area contributed by atoms with Gasteiger partial charge in [-0.15, -0.1) is 5.10 Å². The molecule has 1 amide bonds. The highest BCUT2D eigenvalue weighted by atomic mass is 16.5. The molecule has 1 atom stereocenters. The van der Waals surface area contributed by atoms with E-state index in [0.717, 1.165) is 37.1 Å². The molecule has 1 aromatic heterocycles. The number of piperidine rings is 1. The van der Waals surface area contributed by atoms with Gasteiger partial charge in [0.05, 0.1) is 32.5 Å². The summed E-state index contributed by atoms with van der Waals surface area (Å²) in [6.45, 7) is 5.83. The van der Waals surface area contributed by atoms with Gasteiger partial charge in [0.15, 0.2) is 17.2 Å². The monoisotopic (exact) mass is 373 g/mol. The fourth-order valence-corrected chi connectivity index (χ4v) is 3.44. The first-order valence-corrected chi connectivity index (χ1v) is 9.19. The van der Waals surface area contributed by atoms with Crippen LogP contribution in [-0.4, -0.2) is 48.2 Å². The Bertz CT molecular complexity index is 799. The van der Waals surface area contributed by atoms with Crippen molar-refractivity contribution in [2.45, 2.75) is 38.8 Å². The SMILES string of the molecule is COc1cc(C)c(C(C)NC(=O)c2cn(C3CCNCC3)nn2)cc1OC. The Morgan fingerprint density at radius 2 is 1.93 bits per heavy atom. The smallest absolute Gasteiger partial charge is 0.273 e. The minimum absolute atomic E-state index is 0.207. The Balaban J connectivity index is 1.71. The van der Waals surface area contributed by atoms with Crippen LogP contribution in [-0.2, 0) is 0 Å². The van der Waals surface area contributed by atoms with Crippen molar-refractivity contribution in [1.82, 2.24) is 25.6 Å². The predicted molar refractivity (Wildman–Crippen MR) is 101 cm³/mol. The van der Waals surface area contributed by atoms with E-state index in [-0.39, 0.29) is 11.9 Å². The second-order valence-electron chi connectivity index (χ2n) is 6.82. The van der Waals surface area contributed by atoms with Gasteiger partial charge in [0.25, 0.3) is 5.91 Å². The zero-order chi connectivity index (χ0) is 19.4. The van der Waals surface area contributed by atoms with Crippen LogP contribution in [0.25, 0.3) is 0 Å². The molecule has 1 aliphatic heterocycles. The first-order valence-electron chi connectivity index (χ1n) is 9.19. The number of ether oxygens (including phenoxy) is 2. The van der Waals surface area contributed by atoms with Gasteiger partial charge in [-0.2, -0.15) is 0 Å². The normalized spacial score (nSPS) is 16.0. The first-order chi connectivity index (χ1) is 13.0. The van der Waals surface area contributed by atoms with E-state index in [1.807, 2.05) is 30.7 Å². The number of hydrogen-bond acceptors (Lipinski definition) is 6. The Labute approximate surface area is 159 Å². The molecule has 146 valence electrons. The van der Waals surface area contributed by atoms with E-state index in [1.165, 1.54) is 0 Å². The van der Waals surface area contributed by atoms with E-state index < -0.39 is 0 Å². The van der Waals surface area contributed by atoms with E-state index in [4.69, 9.17) is 9.47 Å². The van der Waals surface area contributed by atoms with Crippen LogP contribution in [0.3, 0.4) is 0 Å². The molecule has 1 aromatic carbocycles. The number of methoxy groups -OCH3 is 2. The maximum atomic E-state index is 12.6. The van der Waals surface area contributed by atoms with Gasteiger partial charge in [-0.05, 0) is 63.0 Å². The van der Waals surface area contributed by atoms with Gasteiger partial charge in [-0.3, -0.25) is 4.79 Å². The van der Waals surface area contributed by atoms with E-state index in [1.54, 1.807) is 20.4 Å². The summed E-state index contributed by atoms with van der Waals surface area (Å²) in [5, 5.41) is 14.5. The van der Waals surface area contributed by atoms with Crippen LogP contribution in [0.4, 0.5) is 0 Å². The van der Waals surface area contributed by atoms with Crippen LogP contribution < -0.4 is 20.1 Å². The van der Waals surface area contributed by atoms with Crippen molar-refractivity contribution in [3.63, 3.8) is 0 Å². The highest BCUT2D eigenvalue weighted by molar-refractivity contribution is 5.92. The summed E-state index contributed by atoms with van der Waals surface area (Å²) >= 11 is 0. The molecule has 0 saturated carbocycles. The molecule has 0 aliphatic carbocycles. The molecular weight excluding hydrogens is 346 g/mol. The number of nitrogens with one attached hydrogen (secondary N) is 2. The van der Waals surface area contributed by atoms with Gasteiger partial charge in [-0.1, -0.05) is 5.21 Å². The average molecular weight is 373 g/mol. The molecular formula is C19H27N5O3. The average Bonchev–Trinajstić information content (AvgIpc) is 3.18. The summed E-state index contributed by atoms with van der Waals surface area (Å²) in [6.07, 6.45) is 3.72. The molecule has 0 spiro atoms. The quantitative estimate of drug-likeness (QED) is 0.805. The summed E-state index contributed by atoms with van der Waals surface area (Å²) < 4.78 is 12.5. The molecule has 1 fully saturated rings. The lowest BCUT2D eigenvalue weighted by molar-refractivity contribution is 0.0934. The van der Waals surface area contributed by atoms with Crippen molar-refractivity contribution < 1.29 is 14.3 Å². The van der Waals surface area contributed by atoms with Crippen molar-refractivity contribution in [2.24, 2.45) is 0 Å². The minimum atomic E-state index is -0.239. The third-order valence-electron chi connectivity index (χ3n) is 5.01. The number of rotatable bonds is 6.